The van der Waals surface area contributed by atoms with Crippen molar-refractivity contribution in [3.63, 3.8) is 0 Å². The topological polar surface area (TPSA) is 202 Å². The van der Waals surface area contributed by atoms with Crippen molar-refractivity contribution in [3.05, 3.63) is 58.6 Å². The van der Waals surface area contributed by atoms with Gasteiger partial charge in [0.2, 0.25) is 0 Å². The number of amides is 1. The van der Waals surface area contributed by atoms with E-state index in [1.807, 2.05) is 0 Å². The van der Waals surface area contributed by atoms with Gasteiger partial charge in [0.05, 0.1) is 17.2 Å². The minimum absolute atomic E-state index is 0. The van der Waals surface area contributed by atoms with E-state index in [1.165, 1.54) is 36.5 Å². The average molecular weight is 580 g/mol. The van der Waals surface area contributed by atoms with Crippen LogP contribution in [0.2, 0.25) is 0 Å². The molecule has 0 radical (unpaired) electrons. The van der Waals surface area contributed by atoms with Gasteiger partial charge >= 0.3 is 35.5 Å². The second-order valence-corrected chi connectivity index (χ2v) is 10.1. The molecule has 39 heavy (non-hydrogen) atoms. The summed E-state index contributed by atoms with van der Waals surface area (Å²) in [4.78, 5) is 50.1. The van der Waals surface area contributed by atoms with E-state index in [0.29, 0.717) is 11.2 Å². The first-order valence-corrected chi connectivity index (χ1v) is 12.8. The van der Waals surface area contributed by atoms with E-state index in [1.54, 1.807) is 27.4 Å². The van der Waals surface area contributed by atoms with E-state index in [2.05, 4.69) is 15.1 Å². The van der Waals surface area contributed by atoms with Crippen LogP contribution in [0.4, 0.5) is 5.13 Å². The van der Waals surface area contributed by atoms with Crippen LogP contribution < -0.4 is 50.1 Å². The summed E-state index contributed by atoms with van der Waals surface area (Å²) in [6.45, 7) is 0.117. The number of imidazole rings is 1. The number of aliphatic carboxylic acids is 1. The number of carboxylic acid groups (broad SMARTS) is 2. The molecule has 5 heterocycles. The Morgan fingerprint density at radius 2 is 2.13 bits per heavy atom. The molecule has 3 aromatic rings. The number of rotatable bonds is 8. The number of carbonyl (C=O) groups excluding carboxylic acids is 2. The van der Waals surface area contributed by atoms with E-state index in [9.17, 15) is 29.7 Å². The molecule has 3 N–H and O–H groups in total. The zero-order valence-electron chi connectivity index (χ0n) is 20.5. The van der Waals surface area contributed by atoms with Crippen molar-refractivity contribution in [1.29, 1.82) is 0 Å². The fourth-order valence-electron chi connectivity index (χ4n) is 4.20. The normalized spacial score (nSPS) is 19.4. The van der Waals surface area contributed by atoms with Gasteiger partial charge in [0.15, 0.2) is 11.2 Å². The van der Waals surface area contributed by atoms with Gasteiger partial charge in [-0.15, -0.1) is 23.1 Å². The van der Waals surface area contributed by atoms with Crippen LogP contribution in [0.5, 0.6) is 0 Å². The Morgan fingerprint density at radius 1 is 1.36 bits per heavy atom. The number of aromatic nitrogens is 3. The van der Waals surface area contributed by atoms with E-state index >= 15 is 0 Å². The number of pyridine rings is 1. The van der Waals surface area contributed by atoms with Crippen molar-refractivity contribution in [2.24, 2.45) is 10.1 Å². The molecule has 1 amide bonds. The van der Waals surface area contributed by atoms with Gasteiger partial charge in [0.1, 0.15) is 49.0 Å². The van der Waals surface area contributed by atoms with Crippen molar-refractivity contribution in [1.82, 2.24) is 14.3 Å². The number of thiazole rings is 1. The van der Waals surface area contributed by atoms with E-state index in [4.69, 9.17) is 10.6 Å². The number of oxime groups is 1. The first-order chi connectivity index (χ1) is 18.2. The van der Waals surface area contributed by atoms with Crippen molar-refractivity contribution in [2.45, 2.75) is 18.0 Å². The van der Waals surface area contributed by atoms with Gasteiger partial charge < -0.3 is 30.7 Å². The van der Waals surface area contributed by atoms with Crippen molar-refractivity contribution >= 4 is 63.3 Å². The Kier molecular flexibility index (Phi) is 8.31. The summed E-state index contributed by atoms with van der Waals surface area (Å²) >= 11 is 2.35. The number of hydrogen-bond acceptors (Lipinski definition) is 12. The smallest absolute Gasteiger partial charge is 0.857 e. The number of β-lactam (4-membered cyclic amide) rings is 1. The van der Waals surface area contributed by atoms with Crippen LogP contribution in [0.1, 0.15) is 16.1 Å². The molecule has 2 aliphatic rings. The second kappa shape index (κ2) is 11.4. The molecule has 0 aliphatic carbocycles. The quantitative estimate of drug-likeness (QED) is 0.0650. The summed E-state index contributed by atoms with van der Waals surface area (Å²) < 4.78 is 3.33. The standard InChI is InChI=1S/C22H19N7O7S2.Na/c1-36-26-14(12-9-38-22(23)24-12)17(30)25-15-18(31)29-16(21(34)35)11(8-37-19(15)29)7-28-5-4-27-6-10(20(32)33)2-3-13(27)28;/h2-6,9,15,19H,7-8H2,1H3,(H4-,23,24,25,30,32,33,34,35);/q;+1/p-1/b26-14+;/t15-,19-;/m1./s1. The summed E-state index contributed by atoms with van der Waals surface area (Å²) in [5, 5.41) is 38.8. The molecule has 0 bridgehead atoms. The van der Waals surface area contributed by atoms with Gasteiger partial charge in [-0.1, -0.05) is 5.16 Å². The first-order valence-electron chi connectivity index (χ1n) is 10.9. The summed E-state index contributed by atoms with van der Waals surface area (Å²) in [5.74, 6) is -3.89. The monoisotopic (exact) mass is 579 g/mol. The average Bonchev–Trinajstić information content (AvgIpc) is 3.50. The molecule has 2 aliphatic heterocycles. The minimum atomic E-state index is -1.53. The Hall–Kier alpha value is -3.44. The Labute approximate surface area is 250 Å². The fraction of sp³-hybridized carbons (Fsp3) is 0.227. The van der Waals surface area contributed by atoms with Crippen LogP contribution in [0.15, 0.2) is 57.5 Å². The molecule has 5 rings (SSSR count). The largest absolute Gasteiger partial charge is 1.00 e. The molecule has 17 heteroatoms. The molecule has 1 saturated heterocycles. The molecule has 0 spiro atoms. The number of thioether (sulfide) groups is 1. The van der Waals surface area contributed by atoms with Crippen LogP contribution in [0.3, 0.4) is 0 Å². The Bertz CT molecular complexity index is 1580. The molecule has 0 aromatic carbocycles. The zero-order valence-corrected chi connectivity index (χ0v) is 24.1. The maximum Gasteiger partial charge on any atom is 1.00 e. The van der Waals surface area contributed by atoms with E-state index in [-0.39, 0.29) is 69.7 Å². The number of aromatic carboxylic acids is 1. The van der Waals surface area contributed by atoms with Crippen molar-refractivity contribution in [3.8, 4) is 0 Å². The molecular formula is C22H18N7NaO7S2. The number of nitrogens with two attached hydrogens (primary N) is 1. The van der Waals surface area contributed by atoms with Crippen LogP contribution in [0, 0.1) is 0 Å². The third-order valence-corrected chi connectivity index (χ3v) is 7.88. The van der Waals surface area contributed by atoms with Crippen LogP contribution in [0.25, 0.3) is 5.65 Å². The number of carbonyl (C=O) groups is 3. The van der Waals surface area contributed by atoms with Crippen molar-refractivity contribution < 1.29 is 68.7 Å². The number of hydrogen-bond donors (Lipinski definition) is 2. The van der Waals surface area contributed by atoms with Crippen LogP contribution >= 0.6 is 23.1 Å². The number of fused-ring (bicyclic) bond motifs is 2. The second-order valence-electron chi connectivity index (χ2n) is 8.14. The number of nitrogen functional groups attached to an aromatic ring is 1. The van der Waals surface area contributed by atoms with E-state index in [0.717, 1.165) is 16.2 Å². The van der Waals surface area contributed by atoms with Gasteiger partial charge in [-0.3, -0.25) is 14.7 Å². The Balaban J connectivity index is 0.00000353. The van der Waals surface area contributed by atoms with Gasteiger partial charge in [-0.2, -0.15) is 0 Å². The number of carboxylic acids is 2. The van der Waals surface area contributed by atoms with Crippen LogP contribution in [-0.4, -0.2) is 73.1 Å². The van der Waals surface area contributed by atoms with Gasteiger partial charge in [0.25, 0.3) is 11.6 Å². The number of nitrogens with zero attached hydrogens (tertiary/aromatic N) is 6. The molecule has 3 aromatic heterocycles. The molecule has 1 fully saturated rings. The van der Waals surface area contributed by atoms with Crippen molar-refractivity contribution in [2.75, 3.05) is 18.6 Å². The molecular weight excluding hydrogens is 561 g/mol. The molecule has 14 nitrogen and oxygen atoms in total. The molecule has 0 saturated carbocycles. The molecule has 196 valence electrons. The summed E-state index contributed by atoms with van der Waals surface area (Å²) in [7, 11) is 1.24. The summed E-state index contributed by atoms with van der Waals surface area (Å²) in [5.41, 5.74) is 6.41. The maximum atomic E-state index is 13.0. The SMILES string of the molecule is CO/N=C(/C([O-])=N[C@@H]1C(=O)N2C(C(=O)[O-])=C(C[n+]3ccn4cc(C(=O)O)ccc43)CS[C@H]12)c1csc(N)n1.[Na+]. The summed E-state index contributed by atoms with van der Waals surface area (Å²) in [6, 6.07) is 1.92. The first kappa shape index (κ1) is 28.6. The zero-order chi connectivity index (χ0) is 27.1. The van der Waals surface area contributed by atoms with Crippen LogP contribution in [-0.2, 0) is 21.0 Å². The number of anilines is 1. The van der Waals surface area contributed by atoms with Gasteiger partial charge in [0, 0.05) is 28.7 Å². The summed E-state index contributed by atoms with van der Waals surface area (Å²) in [6.07, 6.45) is 4.76. The molecule has 2 atom stereocenters. The predicted molar refractivity (Wildman–Crippen MR) is 131 cm³/mol. The molecule has 0 unspecified atom stereocenters. The third kappa shape index (κ3) is 5.25. The van der Waals surface area contributed by atoms with Gasteiger partial charge in [-0.25, -0.2) is 18.7 Å². The Morgan fingerprint density at radius 3 is 2.77 bits per heavy atom. The van der Waals surface area contributed by atoms with E-state index < -0.39 is 35.2 Å². The minimum Gasteiger partial charge on any atom is -0.857 e. The van der Waals surface area contributed by atoms with Gasteiger partial charge in [-0.05, 0) is 6.07 Å². The predicted octanol–water partition coefficient (Wildman–Crippen LogP) is -4.94. The fourth-order valence-corrected chi connectivity index (χ4v) is 6.06. The number of aliphatic imine (C=N–C) groups is 1. The maximum absolute atomic E-state index is 13.0. The third-order valence-electron chi connectivity index (χ3n) is 5.88.